The third-order valence-corrected chi connectivity index (χ3v) is 2.86. The molecule has 0 rings (SSSR count). The zero-order valence-corrected chi connectivity index (χ0v) is 13.1. The van der Waals surface area contributed by atoms with Crippen LogP contribution in [0.5, 0.6) is 0 Å². The van der Waals surface area contributed by atoms with Gasteiger partial charge in [0.05, 0.1) is 0 Å². The first-order valence-electron chi connectivity index (χ1n) is 7.34. The first kappa shape index (κ1) is 19.2. The van der Waals surface area contributed by atoms with Gasteiger partial charge in [-0.15, -0.1) is 0 Å². The molecule has 1 unspecified atom stereocenters. The molecule has 0 aliphatic carbocycles. The molecule has 3 amide bonds. The quantitative estimate of drug-likeness (QED) is 0.484. The number of carbonyl (C=O) groups excluding carboxylic acids is 2. The molecule has 21 heavy (non-hydrogen) atoms. The summed E-state index contributed by atoms with van der Waals surface area (Å²) in [7, 11) is 0. The Morgan fingerprint density at radius 1 is 0.952 bits per heavy atom. The molecular formula is C14H27N3O4. The fourth-order valence-electron chi connectivity index (χ4n) is 1.69. The monoisotopic (exact) mass is 301 g/mol. The molecule has 122 valence electrons. The Bertz CT molecular complexity index is 345. The molecule has 0 fully saturated rings. The molecule has 0 saturated carbocycles. The summed E-state index contributed by atoms with van der Waals surface area (Å²) in [5.41, 5.74) is 0. The van der Waals surface area contributed by atoms with E-state index in [4.69, 9.17) is 5.11 Å². The highest BCUT2D eigenvalue weighted by molar-refractivity contribution is 5.78. The molecule has 0 radical (unpaired) electrons. The van der Waals surface area contributed by atoms with E-state index in [9.17, 15) is 14.4 Å². The highest BCUT2D eigenvalue weighted by Crippen LogP contribution is 2.08. The number of amides is 3. The first-order valence-corrected chi connectivity index (χ1v) is 7.34. The normalized spacial score (nSPS) is 11.8. The smallest absolute Gasteiger partial charge is 0.314 e. The molecule has 0 aliphatic heterocycles. The third-order valence-electron chi connectivity index (χ3n) is 2.86. The van der Waals surface area contributed by atoms with Gasteiger partial charge in [-0.1, -0.05) is 6.92 Å². The maximum absolute atomic E-state index is 11.4. The van der Waals surface area contributed by atoms with Crippen molar-refractivity contribution in [2.75, 3.05) is 13.1 Å². The molecule has 0 heterocycles. The van der Waals surface area contributed by atoms with Gasteiger partial charge in [0.15, 0.2) is 0 Å². The average molecular weight is 301 g/mol. The van der Waals surface area contributed by atoms with E-state index in [0.29, 0.717) is 19.5 Å². The number of urea groups is 1. The average Bonchev–Trinajstić information content (AvgIpc) is 2.35. The minimum atomic E-state index is -0.799. The van der Waals surface area contributed by atoms with Gasteiger partial charge in [-0.3, -0.25) is 9.59 Å². The van der Waals surface area contributed by atoms with Crippen LogP contribution in [0.25, 0.3) is 0 Å². The number of carboxylic acid groups (broad SMARTS) is 1. The summed E-state index contributed by atoms with van der Waals surface area (Å²) in [4.78, 5) is 33.2. The Balaban J connectivity index is 3.58. The van der Waals surface area contributed by atoms with Crippen molar-refractivity contribution in [3.8, 4) is 0 Å². The Kier molecular flexibility index (Phi) is 10.0. The van der Waals surface area contributed by atoms with Crippen molar-refractivity contribution < 1.29 is 19.5 Å². The van der Waals surface area contributed by atoms with Crippen LogP contribution in [0.4, 0.5) is 4.79 Å². The van der Waals surface area contributed by atoms with Gasteiger partial charge < -0.3 is 21.1 Å². The number of hydrogen-bond donors (Lipinski definition) is 4. The van der Waals surface area contributed by atoms with Crippen molar-refractivity contribution in [2.45, 2.75) is 52.5 Å². The van der Waals surface area contributed by atoms with Crippen LogP contribution in [-0.4, -0.2) is 42.1 Å². The second-order valence-corrected chi connectivity index (χ2v) is 5.48. The fraction of sp³-hybridized carbons (Fsp3) is 0.786. The van der Waals surface area contributed by atoms with E-state index in [2.05, 4.69) is 16.0 Å². The number of rotatable bonds is 10. The second kappa shape index (κ2) is 10.9. The van der Waals surface area contributed by atoms with Gasteiger partial charge in [-0.2, -0.15) is 0 Å². The summed E-state index contributed by atoms with van der Waals surface area (Å²) in [5, 5.41) is 16.6. The molecule has 4 N–H and O–H groups in total. The number of nitrogens with one attached hydrogen (secondary N) is 3. The van der Waals surface area contributed by atoms with E-state index in [1.807, 2.05) is 20.8 Å². The van der Waals surface area contributed by atoms with Crippen LogP contribution in [0.3, 0.4) is 0 Å². The zero-order chi connectivity index (χ0) is 16.3. The van der Waals surface area contributed by atoms with Crippen LogP contribution in [0.1, 0.15) is 46.5 Å². The Labute approximate surface area is 125 Å². The summed E-state index contributed by atoms with van der Waals surface area (Å²) in [6.45, 7) is 6.50. The topological polar surface area (TPSA) is 108 Å². The van der Waals surface area contributed by atoms with Crippen LogP contribution in [0, 0.1) is 5.92 Å². The van der Waals surface area contributed by atoms with E-state index in [1.54, 1.807) is 0 Å². The van der Waals surface area contributed by atoms with Crippen molar-refractivity contribution >= 4 is 17.9 Å². The molecule has 0 saturated heterocycles. The molecule has 0 aliphatic rings. The van der Waals surface area contributed by atoms with Crippen molar-refractivity contribution in [3.63, 3.8) is 0 Å². The number of aliphatic carboxylic acids is 1. The minimum Gasteiger partial charge on any atom is -0.481 e. The lowest BCUT2D eigenvalue weighted by Gasteiger charge is -2.12. The number of carbonyl (C=O) groups is 3. The SMILES string of the molecule is CC(CCNC(=O)NCCC(=O)NC(C)C)CCC(=O)O. The lowest BCUT2D eigenvalue weighted by molar-refractivity contribution is -0.137. The van der Waals surface area contributed by atoms with Gasteiger partial charge in [-0.05, 0) is 32.6 Å². The Hall–Kier alpha value is -1.79. The highest BCUT2D eigenvalue weighted by atomic mass is 16.4. The lowest BCUT2D eigenvalue weighted by Crippen LogP contribution is -2.39. The molecule has 0 bridgehead atoms. The maximum Gasteiger partial charge on any atom is 0.314 e. The Morgan fingerprint density at radius 2 is 1.57 bits per heavy atom. The van der Waals surface area contributed by atoms with Gasteiger partial charge in [0.25, 0.3) is 0 Å². The van der Waals surface area contributed by atoms with Crippen molar-refractivity contribution in [2.24, 2.45) is 5.92 Å². The van der Waals surface area contributed by atoms with E-state index in [-0.39, 0.29) is 36.7 Å². The molecule has 1 atom stereocenters. The van der Waals surface area contributed by atoms with Crippen LogP contribution in [0.2, 0.25) is 0 Å². The second-order valence-electron chi connectivity index (χ2n) is 5.48. The van der Waals surface area contributed by atoms with Gasteiger partial charge in [-0.25, -0.2) is 4.79 Å². The summed E-state index contributed by atoms with van der Waals surface area (Å²) in [5.74, 6) is -0.641. The van der Waals surface area contributed by atoms with Crippen LogP contribution >= 0.6 is 0 Å². The van der Waals surface area contributed by atoms with Crippen LogP contribution in [0.15, 0.2) is 0 Å². The number of carboxylic acids is 1. The van der Waals surface area contributed by atoms with E-state index in [0.717, 1.165) is 6.42 Å². The summed E-state index contributed by atoms with van der Waals surface area (Å²) >= 11 is 0. The van der Waals surface area contributed by atoms with Crippen molar-refractivity contribution in [1.29, 1.82) is 0 Å². The van der Waals surface area contributed by atoms with Gasteiger partial charge >= 0.3 is 12.0 Å². The third kappa shape index (κ3) is 13.0. The largest absolute Gasteiger partial charge is 0.481 e. The van der Waals surface area contributed by atoms with E-state index in [1.165, 1.54) is 0 Å². The van der Waals surface area contributed by atoms with Crippen LogP contribution in [-0.2, 0) is 9.59 Å². The molecule has 0 aromatic carbocycles. The maximum atomic E-state index is 11.4. The summed E-state index contributed by atoms with van der Waals surface area (Å²) in [6, 6.07) is -0.212. The van der Waals surface area contributed by atoms with E-state index >= 15 is 0 Å². The van der Waals surface area contributed by atoms with Crippen molar-refractivity contribution in [3.05, 3.63) is 0 Å². The van der Waals surface area contributed by atoms with Gasteiger partial charge in [0.2, 0.25) is 5.91 Å². The van der Waals surface area contributed by atoms with Crippen molar-refractivity contribution in [1.82, 2.24) is 16.0 Å². The lowest BCUT2D eigenvalue weighted by atomic mass is 10.0. The standard InChI is InChI=1S/C14H27N3O4/c1-10(2)17-12(18)7-9-16-14(21)15-8-6-11(3)4-5-13(19)20/h10-11H,4-9H2,1-3H3,(H,17,18)(H,19,20)(H2,15,16,21). The molecule has 0 aromatic rings. The highest BCUT2D eigenvalue weighted by Gasteiger charge is 2.07. The van der Waals surface area contributed by atoms with E-state index < -0.39 is 5.97 Å². The fourth-order valence-corrected chi connectivity index (χ4v) is 1.69. The molecule has 7 nitrogen and oxygen atoms in total. The minimum absolute atomic E-state index is 0.0902. The van der Waals surface area contributed by atoms with Gasteiger partial charge in [0, 0.05) is 32.0 Å². The molecule has 0 spiro atoms. The summed E-state index contributed by atoms with van der Waals surface area (Å²) in [6.07, 6.45) is 1.74. The molecular weight excluding hydrogens is 274 g/mol. The zero-order valence-electron chi connectivity index (χ0n) is 13.1. The first-order chi connectivity index (χ1) is 9.81. The molecule has 7 heteroatoms. The predicted octanol–water partition coefficient (Wildman–Crippen LogP) is 1.09. The van der Waals surface area contributed by atoms with Crippen LogP contribution < -0.4 is 16.0 Å². The van der Waals surface area contributed by atoms with Gasteiger partial charge in [0.1, 0.15) is 0 Å². The Morgan fingerprint density at radius 3 is 2.14 bits per heavy atom. The molecule has 0 aromatic heterocycles. The summed E-state index contributed by atoms with van der Waals surface area (Å²) < 4.78 is 0. The number of hydrogen-bond acceptors (Lipinski definition) is 3. The predicted molar refractivity (Wildman–Crippen MR) is 79.9 cm³/mol.